The molecule has 0 spiro atoms. The smallest absolute Gasteiger partial charge is 0.337 e. The summed E-state index contributed by atoms with van der Waals surface area (Å²) in [7, 11) is 1.33. The van der Waals surface area contributed by atoms with Crippen LogP contribution in [0.25, 0.3) is 22.2 Å². The van der Waals surface area contributed by atoms with Crippen molar-refractivity contribution in [2.45, 2.75) is 13.8 Å². The topological polar surface area (TPSA) is 124 Å². The number of aromatic nitrogens is 3. The molecule has 4 aromatic rings. The van der Waals surface area contributed by atoms with Crippen LogP contribution in [0, 0.1) is 5.92 Å². The highest BCUT2D eigenvalue weighted by molar-refractivity contribution is 6.10. The lowest BCUT2D eigenvalue weighted by Gasteiger charge is -2.07. The van der Waals surface area contributed by atoms with Gasteiger partial charge in [0.15, 0.2) is 5.65 Å². The number of nitrogens with one attached hydrogen (secondary N) is 1. The Morgan fingerprint density at radius 2 is 1.79 bits per heavy atom. The molecule has 2 heterocycles. The third-order valence-corrected chi connectivity index (χ3v) is 5.03. The molecule has 9 heteroatoms. The monoisotopic (exact) mass is 444 g/mol. The summed E-state index contributed by atoms with van der Waals surface area (Å²) in [5.74, 6) is -0.323. The first kappa shape index (κ1) is 21.9. The average Bonchev–Trinajstić information content (AvgIpc) is 3.09. The summed E-state index contributed by atoms with van der Waals surface area (Å²) in [5.41, 5.74) is 9.85. The molecule has 0 saturated carbocycles. The Morgan fingerprint density at radius 3 is 2.42 bits per heavy atom. The molecule has 0 aliphatic rings. The molecular formula is C24H24N6O3. The number of benzene rings is 2. The number of amides is 1. The van der Waals surface area contributed by atoms with E-state index in [1.807, 2.05) is 38.1 Å². The maximum Gasteiger partial charge on any atom is 0.337 e. The number of carbonyl (C=O) groups is 2. The van der Waals surface area contributed by atoms with Gasteiger partial charge in [0.05, 0.1) is 29.9 Å². The number of anilines is 1. The molecule has 168 valence electrons. The lowest BCUT2D eigenvalue weighted by molar-refractivity contribution is 0.0600. The fourth-order valence-electron chi connectivity index (χ4n) is 3.32. The molecule has 0 bridgehead atoms. The number of esters is 1. The van der Waals surface area contributed by atoms with Gasteiger partial charge in [0.25, 0.3) is 5.91 Å². The molecule has 0 aliphatic carbocycles. The third-order valence-electron chi connectivity index (χ3n) is 5.03. The van der Waals surface area contributed by atoms with Crippen molar-refractivity contribution in [3.63, 3.8) is 0 Å². The predicted octanol–water partition coefficient (Wildman–Crippen LogP) is 3.22. The SMILES string of the molecule is COC(=O)c1ccc(C=Nn2c(N)c(C(=O)NCC(C)C)c3nc4ccccc4nc32)cc1. The number of fused-ring (bicyclic) bond motifs is 2. The summed E-state index contributed by atoms with van der Waals surface area (Å²) in [6, 6.07) is 14.1. The summed E-state index contributed by atoms with van der Waals surface area (Å²) >= 11 is 0. The fraction of sp³-hybridized carbons (Fsp3) is 0.208. The Morgan fingerprint density at radius 1 is 1.12 bits per heavy atom. The number of hydrogen-bond acceptors (Lipinski definition) is 7. The van der Waals surface area contributed by atoms with Crippen LogP contribution in [0.15, 0.2) is 53.6 Å². The lowest BCUT2D eigenvalue weighted by atomic mass is 10.1. The predicted molar refractivity (Wildman–Crippen MR) is 127 cm³/mol. The van der Waals surface area contributed by atoms with Crippen LogP contribution in [-0.2, 0) is 4.74 Å². The van der Waals surface area contributed by atoms with Gasteiger partial charge >= 0.3 is 5.97 Å². The van der Waals surface area contributed by atoms with Crippen LogP contribution in [0.1, 0.15) is 40.1 Å². The van der Waals surface area contributed by atoms with Gasteiger partial charge in [-0.1, -0.05) is 38.1 Å². The van der Waals surface area contributed by atoms with Gasteiger partial charge in [0, 0.05) is 6.54 Å². The van der Waals surface area contributed by atoms with E-state index >= 15 is 0 Å². The van der Waals surface area contributed by atoms with Gasteiger partial charge in [-0.15, -0.1) is 0 Å². The standard InChI is InChI=1S/C24H24N6O3/c1-14(2)12-26-23(31)19-20-22(29-18-7-5-4-6-17(18)28-20)30(21(19)25)27-13-15-8-10-16(11-9-15)24(32)33-3/h4-11,13-14H,12,25H2,1-3H3,(H,26,31). The minimum atomic E-state index is -0.418. The van der Waals surface area contributed by atoms with E-state index in [1.54, 1.807) is 30.5 Å². The van der Waals surface area contributed by atoms with Crippen molar-refractivity contribution in [1.82, 2.24) is 20.0 Å². The molecule has 4 rings (SSSR count). The van der Waals surface area contributed by atoms with Gasteiger partial charge in [-0.3, -0.25) is 4.79 Å². The summed E-state index contributed by atoms with van der Waals surface area (Å²) in [4.78, 5) is 33.9. The average molecular weight is 444 g/mol. The van der Waals surface area contributed by atoms with E-state index in [2.05, 4.69) is 20.4 Å². The zero-order valence-corrected chi connectivity index (χ0v) is 18.6. The number of ether oxygens (including phenoxy) is 1. The van der Waals surface area contributed by atoms with E-state index in [1.165, 1.54) is 11.8 Å². The summed E-state index contributed by atoms with van der Waals surface area (Å²) in [5, 5.41) is 7.37. The summed E-state index contributed by atoms with van der Waals surface area (Å²) in [6.07, 6.45) is 1.57. The molecule has 1 amide bonds. The third kappa shape index (κ3) is 4.38. The van der Waals surface area contributed by atoms with Crippen molar-refractivity contribution in [3.05, 3.63) is 65.2 Å². The van der Waals surface area contributed by atoms with Crippen LogP contribution >= 0.6 is 0 Å². The van der Waals surface area contributed by atoms with Crippen molar-refractivity contribution in [3.8, 4) is 0 Å². The van der Waals surface area contributed by atoms with Gasteiger partial charge in [-0.25, -0.2) is 14.8 Å². The number of para-hydroxylation sites is 2. The molecule has 0 unspecified atom stereocenters. The second-order valence-electron chi connectivity index (χ2n) is 7.92. The van der Waals surface area contributed by atoms with Gasteiger partial charge in [-0.2, -0.15) is 9.78 Å². The van der Waals surface area contributed by atoms with Crippen molar-refractivity contribution in [2.75, 3.05) is 19.4 Å². The molecule has 2 aromatic heterocycles. The normalized spacial score (nSPS) is 11.5. The highest BCUT2D eigenvalue weighted by atomic mass is 16.5. The fourth-order valence-corrected chi connectivity index (χ4v) is 3.32. The zero-order valence-electron chi connectivity index (χ0n) is 18.6. The first-order chi connectivity index (χ1) is 15.9. The van der Waals surface area contributed by atoms with Crippen LogP contribution in [0.5, 0.6) is 0 Å². The number of nitrogens with two attached hydrogens (primary N) is 1. The van der Waals surface area contributed by atoms with Crippen LogP contribution in [-0.4, -0.2) is 46.4 Å². The van der Waals surface area contributed by atoms with Crippen molar-refractivity contribution >= 4 is 46.1 Å². The highest BCUT2D eigenvalue weighted by Crippen LogP contribution is 2.27. The summed E-state index contributed by atoms with van der Waals surface area (Å²) in [6.45, 7) is 4.52. The van der Waals surface area contributed by atoms with Gasteiger partial charge < -0.3 is 15.8 Å². The largest absolute Gasteiger partial charge is 0.465 e. The van der Waals surface area contributed by atoms with Gasteiger partial charge in [0.2, 0.25) is 0 Å². The number of hydrogen-bond donors (Lipinski definition) is 2. The van der Waals surface area contributed by atoms with E-state index < -0.39 is 5.97 Å². The van der Waals surface area contributed by atoms with Crippen molar-refractivity contribution < 1.29 is 14.3 Å². The minimum absolute atomic E-state index is 0.143. The maximum absolute atomic E-state index is 13.0. The van der Waals surface area contributed by atoms with Gasteiger partial charge in [0.1, 0.15) is 16.9 Å². The Hall–Kier alpha value is -4.27. The second-order valence-corrected chi connectivity index (χ2v) is 7.92. The zero-order chi connectivity index (χ0) is 23.5. The quantitative estimate of drug-likeness (QED) is 0.348. The Labute approximate surface area is 190 Å². The molecule has 0 saturated heterocycles. The number of nitrogens with zero attached hydrogens (tertiary/aromatic N) is 4. The summed E-state index contributed by atoms with van der Waals surface area (Å²) < 4.78 is 6.13. The van der Waals surface area contributed by atoms with Crippen LogP contribution in [0.4, 0.5) is 5.82 Å². The molecular weight excluding hydrogens is 420 g/mol. The maximum atomic E-state index is 13.0. The van der Waals surface area contributed by atoms with E-state index in [0.717, 1.165) is 5.56 Å². The molecule has 0 atom stereocenters. The Balaban J connectivity index is 1.80. The first-order valence-corrected chi connectivity index (χ1v) is 10.5. The van der Waals surface area contributed by atoms with Crippen molar-refractivity contribution in [2.24, 2.45) is 11.0 Å². The molecule has 9 nitrogen and oxygen atoms in total. The van der Waals surface area contributed by atoms with Crippen molar-refractivity contribution in [1.29, 1.82) is 0 Å². The van der Waals surface area contributed by atoms with E-state index in [0.29, 0.717) is 34.3 Å². The molecule has 33 heavy (non-hydrogen) atoms. The number of methoxy groups -OCH3 is 1. The van der Waals surface area contributed by atoms with Crippen LogP contribution in [0.2, 0.25) is 0 Å². The molecule has 0 fully saturated rings. The minimum Gasteiger partial charge on any atom is -0.465 e. The lowest BCUT2D eigenvalue weighted by Crippen LogP contribution is -2.28. The molecule has 0 radical (unpaired) electrons. The number of rotatable bonds is 6. The number of nitrogen functional groups attached to an aromatic ring is 1. The van der Waals surface area contributed by atoms with E-state index in [4.69, 9.17) is 10.5 Å². The molecule has 0 aliphatic heterocycles. The first-order valence-electron chi connectivity index (χ1n) is 10.5. The Bertz CT molecular complexity index is 1370. The number of carbonyl (C=O) groups excluding carboxylic acids is 2. The molecule has 3 N–H and O–H groups in total. The van der Waals surface area contributed by atoms with Crippen LogP contribution in [0.3, 0.4) is 0 Å². The van der Waals surface area contributed by atoms with Gasteiger partial charge in [-0.05, 0) is 35.7 Å². The van der Waals surface area contributed by atoms with E-state index in [9.17, 15) is 9.59 Å². The van der Waals surface area contributed by atoms with E-state index in [-0.39, 0.29) is 23.2 Å². The highest BCUT2D eigenvalue weighted by Gasteiger charge is 2.24. The second kappa shape index (κ2) is 9.07. The van der Waals surface area contributed by atoms with Crippen LogP contribution < -0.4 is 11.1 Å². The molecule has 2 aromatic carbocycles. The Kier molecular flexibility index (Phi) is 6.03.